The summed E-state index contributed by atoms with van der Waals surface area (Å²) in [5.41, 5.74) is 0. The fraction of sp³-hybridized carbons (Fsp3) is 1.00. The van der Waals surface area contributed by atoms with Crippen LogP contribution in [0.5, 0.6) is 0 Å². The van der Waals surface area contributed by atoms with Gasteiger partial charge in [-0.05, 0) is 13.1 Å². The Balaban J connectivity index is 1.84. The lowest BCUT2D eigenvalue weighted by atomic mass is 10.4. The Kier molecular flexibility index (Phi) is 6.21. The molecule has 2 bridgehead atoms. The summed E-state index contributed by atoms with van der Waals surface area (Å²) >= 11 is 0. The van der Waals surface area contributed by atoms with Crippen molar-refractivity contribution < 1.29 is 17.7 Å². The van der Waals surface area contributed by atoms with Gasteiger partial charge in [0, 0.05) is 26.2 Å². The molecule has 3 saturated heterocycles. The van der Waals surface area contributed by atoms with E-state index in [2.05, 4.69) is 23.6 Å². The van der Waals surface area contributed by atoms with Crippen molar-refractivity contribution in [3.8, 4) is 0 Å². The molecule has 3 fully saturated rings. The third-order valence-corrected chi connectivity index (χ3v) is 5.87. The maximum Gasteiger partial charge on any atom is 0.679 e. The first-order chi connectivity index (χ1) is 9.28. The van der Waals surface area contributed by atoms with Gasteiger partial charge in [-0.25, -0.2) is 0 Å². The van der Waals surface area contributed by atoms with Gasteiger partial charge >= 0.3 is 9.05 Å². The molecule has 3 aliphatic heterocycles. The Morgan fingerprint density at radius 3 is 2.00 bits per heavy atom. The van der Waals surface area contributed by atoms with E-state index in [4.69, 9.17) is 17.7 Å². The molecule has 0 radical (unpaired) electrons. The largest absolute Gasteiger partial charge is 0.679 e. The second-order valence-corrected chi connectivity index (χ2v) is 6.92. The number of hydrogen-bond donors (Lipinski definition) is 0. The Morgan fingerprint density at radius 2 is 1.53 bits per heavy atom. The van der Waals surface area contributed by atoms with Crippen molar-refractivity contribution in [1.29, 1.82) is 0 Å². The first kappa shape index (κ1) is 15.4. The van der Waals surface area contributed by atoms with Crippen LogP contribution in [-0.2, 0) is 17.7 Å². The van der Waals surface area contributed by atoms with Crippen LogP contribution < -0.4 is 0 Å². The highest BCUT2D eigenvalue weighted by Crippen LogP contribution is 2.17. The third-order valence-electron chi connectivity index (χ3n) is 3.64. The predicted molar refractivity (Wildman–Crippen MR) is 73.8 cm³/mol. The fourth-order valence-electron chi connectivity index (χ4n) is 2.32. The molecule has 7 heteroatoms. The van der Waals surface area contributed by atoms with Gasteiger partial charge in [-0.15, -0.1) is 0 Å². The molecule has 3 heterocycles. The first-order valence-electron chi connectivity index (χ1n) is 7.28. The summed E-state index contributed by atoms with van der Waals surface area (Å²) in [6.45, 7) is 12.6. The Morgan fingerprint density at radius 1 is 1.00 bits per heavy atom. The lowest BCUT2D eigenvalue weighted by Crippen LogP contribution is -2.57. The lowest BCUT2D eigenvalue weighted by molar-refractivity contribution is -0.0760. The lowest BCUT2D eigenvalue weighted by Gasteiger charge is -2.36. The maximum atomic E-state index is 5.92. The van der Waals surface area contributed by atoms with E-state index >= 15 is 0 Å². The molecular weight excluding hydrogens is 264 g/mol. The van der Waals surface area contributed by atoms with Crippen molar-refractivity contribution in [2.45, 2.75) is 13.8 Å². The van der Waals surface area contributed by atoms with Crippen molar-refractivity contribution >= 4 is 9.05 Å². The zero-order valence-electron chi connectivity index (χ0n) is 12.1. The smallest absolute Gasteiger partial charge is 0.350 e. The van der Waals surface area contributed by atoms with E-state index in [-0.39, 0.29) is 0 Å². The fourth-order valence-corrected chi connectivity index (χ4v) is 4.19. The van der Waals surface area contributed by atoms with Crippen LogP contribution >= 0.6 is 0 Å². The van der Waals surface area contributed by atoms with Crippen LogP contribution in [0.25, 0.3) is 0 Å². The minimum absolute atomic E-state index is 0.609. The number of nitrogens with zero attached hydrogens (tertiary/aromatic N) is 2. The molecule has 112 valence electrons. The molecular formula is C12H26N2O4Si. The summed E-state index contributed by atoms with van der Waals surface area (Å²) in [5.74, 6) is 0. The molecule has 0 aromatic heterocycles. The van der Waals surface area contributed by atoms with Gasteiger partial charge in [-0.2, -0.15) is 0 Å². The van der Waals surface area contributed by atoms with Gasteiger partial charge in [0.1, 0.15) is 0 Å². The molecule has 0 aromatic rings. The quantitative estimate of drug-likeness (QED) is 0.649. The average Bonchev–Trinajstić information content (AvgIpc) is 2.35. The van der Waals surface area contributed by atoms with E-state index < -0.39 is 9.05 Å². The normalized spacial score (nSPS) is 32.1. The minimum atomic E-state index is -2.87. The Labute approximate surface area is 117 Å². The highest BCUT2D eigenvalue weighted by atomic mass is 28.4. The average molecular weight is 290 g/mol. The molecule has 0 unspecified atom stereocenters. The van der Waals surface area contributed by atoms with Crippen molar-refractivity contribution in [3.63, 3.8) is 0 Å². The molecule has 0 amide bonds. The molecule has 6 nitrogen and oxygen atoms in total. The van der Waals surface area contributed by atoms with Gasteiger partial charge in [0.25, 0.3) is 0 Å². The molecule has 3 aliphatic rings. The molecule has 19 heavy (non-hydrogen) atoms. The van der Waals surface area contributed by atoms with E-state index in [1.807, 2.05) is 0 Å². The summed E-state index contributed by atoms with van der Waals surface area (Å²) in [6, 6.07) is 0. The molecule has 0 atom stereocenters. The highest BCUT2D eigenvalue weighted by molar-refractivity contribution is 6.53. The van der Waals surface area contributed by atoms with Crippen molar-refractivity contribution in [1.82, 2.24) is 9.80 Å². The third kappa shape index (κ3) is 4.49. The topological polar surface area (TPSA) is 43.4 Å². The van der Waals surface area contributed by atoms with Gasteiger partial charge in [-0.1, -0.05) is 13.8 Å². The van der Waals surface area contributed by atoms with Crippen LogP contribution in [-0.4, -0.2) is 84.5 Å². The summed E-state index contributed by atoms with van der Waals surface area (Å²) in [5, 5.41) is 0. The SMILES string of the molecule is CCN(CC)CCO[Si]12OCCN(CCO1)CCO2. The van der Waals surface area contributed by atoms with Gasteiger partial charge in [0.2, 0.25) is 0 Å². The van der Waals surface area contributed by atoms with E-state index in [0.29, 0.717) is 26.4 Å². The summed E-state index contributed by atoms with van der Waals surface area (Å²) in [6.07, 6.45) is 0. The molecule has 0 aliphatic carbocycles. The van der Waals surface area contributed by atoms with Crippen LogP contribution in [0.15, 0.2) is 0 Å². The second kappa shape index (κ2) is 7.68. The number of rotatable bonds is 6. The van der Waals surface area contributed by atoms with Crippen molar-refractivity contribution in [3.05, 3.63) is 0 Å². The molecule has 0 spiro atoms. The summed E-state index contributed by atoms with van der Waals surface area (Å²) < 4.78 is 23.3. The monoisotopic (exact) mass is 290 g/mol. The molecule has 0 aromatic carbocycles. The molecule has 0 saturated carbocycles. The van der Waals surface area contributed by atoms with Crippen molar-refractivity contribution in [2.75, 3.05) is 65.7 Å². The molecule has 3 rings (SSSR count). The number of hydrogen-bond acceptors (Lipinski definition) is 6. The summed E-state index contributed by atoms with van der Waals surface area (Å²) in [4.78, 5) is 4.62. The van der Waals surface area contributed by atoms with E-state index in [1.165, 1.54) is 0 Å². The van der Waals surface area contributed by atoms with Crippen LogP contribution in [0.4, 0.5) is 0 Å². The number of likely N-dealkylation sites (N-methyl/N-ethyl adjacent to an activating group) is 1. The van der Waals surface area contributed by atoms with Crippen LogP contribution in [0.2, 0.25) is 0 Å². The molecule has 0 N–H and O–H groups in total. The number of fused-ring (bicyclic) bond motifs is 6. The van der Waals surface area contributed by atoms with Gasteiger partial charge in [0.15, 0.2) is 0 Å². The van der Waals surface area contributed by atoms with Crippen LogP contribution in [0.3, 0.4) is 0 Å². The predicted octanol–water partition coefficient (Wildman–Crippen LogP) is 0.159. The zero-order valence-corrected chi connectivity index (χ0v) is 13.1. The standard InChI is InChI=1S/C12H26N2O4Si/c1-3-13(4-2)5-9-15-19-16-10-6-14(7-11-17-19)8-12-18-19/h3-12H2,1-2H3. The Hall–Kier alpha value is -0.0231. The van der Waals surface area contributed by atoms with E-state index in [1.54, 1.807) is 0 Å². The van der Waals surface area contributed by atoms with E-state index in [9.17, 15) is 0 Å². The first-order valence-corrected chi connectivity index (χ1v) is 8.92. The van der Waals surface area contributed by atoms with Gasteiger partial charge in [0.05, 0.1) is 26.4 Å². The van der Waals surface area contributed by atoms with E-state index in [0.717, 1.165) is 39.3 Å². The van der Waals surface area contributed by atoms with Gasteiger partial charge < -0.3 is 22.6 Å². The summed E-state index contributed by atoms with van der Waals surface area (Å²) in [7, 11) is -2.87. The van der Waals surface area contributed by atoms with Crippen LogP contribution in [0.1, 0.15) is 13.8 Å². The van der Waals surface area contributed by atoms with Crippen LogP contribution in [0, 0.1) is 0 Å². The van der Waals surface area contributed by atoms with Gasteiger partial charge in [-0.3, -0.25) is 4.90 Å². The van der Waals surface area contributed by atoms with Crippen molar-refractivity contribution in [2.24, 2.45) is 0 Å². The Bertz CT molecular complexity index is 240. The zero-order chi connectivity index (χ0) is 13.6. The maximum absolute atomic E-state index is 5.92. The second-order valence-electron chi connectivity index (χ2n) is 4.76. The highest BCUT2D eigenvalue weighted by Gasteiger charge is 2.47. The minimum Gasteiger partial charge on any atom is -0.350 e.